The second-order valence-corrected chi connectivity index (χ2v) is 7.12. The van der Waals surface area contributed by atoms with Crippen LogP contribution in [0.3, 0.4) is 0 Å². The number of nitrogens with zero attached hydrogens (tertiary/aromatic N) is 2. The fraction of sp³-hybridized carbons (Fsp3) is 0.941. The van der Waals surface area contributed by atoms with Crippen LogP contribution in [0, 0.1) is 17.2 Å². The Morgan fingerprint density at radius 2 is 2.00 bits per heavy atom. The molecule has 1 N–H and O–H groups in total. The summed E-state index contributed by atoms with van der Waals surface area (Å²) in [7, 11) is 0. The predicted octanol–water partition coefficient (Wildman–Crippen LogP) is 3.31. The highest BCUT2D eigenvalue weighted by atomic mass is 15.2. The van der Waals surface area contributed by atoms with Crippen molar-refractivity contribution in [2.75, 3.05) is 13.1 Å². The van der Waals surface area contributed by atoms with Gasteiger partial charge in [-0.2, -0.15) is 5.26 Å². The van der Waals surface area contributed by atoms with E-state index in [9.17, 15) is 5.26 Å². The summed E-state index contributed by atoms with van der Waals surface area (Å²) in [6, 6.07) is 3.78. The van der Waals surface area contributed by atoms with E-state index in [1.54, 1.807) is 0 Å². The Hall–Kier alpha value is -0.590. The van der Waals surface area contributed by atoms with E-state index in [1.807, 2.05) is 0 Å². The van der Waals surface area contributed by atoms with Gasteiger partial charge in [0.05, 0.1) is 6.07 Å². The number of rotatable bonds is 10. The molecule has 0 saturated heterocycles. The van der Waals surface area contributed by atoms with Crippen molar-refractivity contribution in [2.24, 2.45) is 5.92 Å². The van der Waals surface area contributed by atoms with Crippen LogP contribution in [-0.4, -0.2) is 35.6 Å². The highest BCUT2D eigenvalue weighted by Gasteiger charge is 2.34. The van der Waals surface area contributed by atoms with Crippen LogP contribution in [0.1, 0.15) is 65.7 Å². The topological polar surface area (TPSA) is 39.1 Å². The number of hydrogen-bond donors (Lipinski definition) is 1. The minimum absolute atomic E-state index is 0.316. The first-order valence-corrected chi connectivity index (χ1v) is 8.51. The lowest BCUT2D eigenvalue weighted by Gasteiger charge is -2.30. The highest BCUT2D eigenvalue weighted by molar-refractivity contribution is 5.07. The van der Waals surface area contributed by atoms with Crippen LogP contribution in [0.15, 0.2) is 0 Å². The molecule has 0 aromatic rings. The summed E-state index contributed by atoms with van der Waals surface area (Å²) in [5.41, 5.74) is -0.316. The van der Waals surface area contributed by atoms with Crippen LogP contribution < -0.4 is 5.32 Å². The summed E-state index contributed by atoms with van der Waals surface area (Å²) < 4.78 is 0. The van der Waals surface area contributed by atoms with E-state index in [0.29, 0.717) is 6.04 Å². The van der Waals surface area contributed by atoms with Gasteiger partial charge in [-0.05, 0) is 71.3 Å². The van der Waals surface area contributed by atoms with E-state index in [1.165, 1.54) is 38.8 Å². The van der Waals surface area contributed by atoms with Crippen molar-refractivity contribution in [1.29, 1.82) is 5.26 Å². The van der Waals surface area contributed by atoms with Crippen molar-refractivity contribution in [3.8, 4) is 6.07 Å². The molecule has 0 aromatic heterocycles. The molecule has 0 radical (unpaired) electrons. The molecule has 0 aromatic carbocycles. The Morgan fingerprint density at radius 3 is 2.45 bits per heavy atom. The fourth-order valence-electron chi connectivity index (χ4n) is 3.15. The summed E-state index contributed by atoms with van der Waals surface area (Å²) in [5.74, 6) is 0.983. The van der Waals surface area contributed by atoms with Gasteiger partial charge in [0.1, 0.15) is 5.54 Å². The molecular formula is C17H31N3. The lowest BCUT2D eigenvalue weighted by molar-refractivity contribution is 0.232. The molecule has 2 saturated carbocycles. The lowest BCUT2D eigenvalue weighted by atomic mass is 9.91. The number of nitrogens with one attached hydrogen (secondary N) is 1. The lowest BCUT2D eigenvalue weighted by Crippen LogP contribution is -2.47. The zero-order chi connectivity index (χ0) is 14.6. The van der Waals surface area contributed by atoms with Crippen molar-refractivity contribution in [3.05, 3.63) is 0 Å². The summed E-state index contributed by atoms with van der Waals surface area (Å²) >= 11 is 0. The first kappa shape index (κ1) is 15.8. The standard InChI is InChI=1S/C17H31N3/c1-4-17(13-18,19-14(2)3)10-5-11-20(16-8-9-16)12-15-6-7-15/h14-16,19H,4-12H2,1-3H3. The van der Waals surface area contributed by atoms with Gasteiger partial charge in [0, 0.05) is 18.6 Å². The zero-order valence-corrected chi connectivity index (χ0v) is 13.5. The predicted molar refractivity (Wildman–Crippen MR) is 83.5 cm³/mol. The van der Waals surface area contributed by atoms with Gasteiger partial charge in [0.15, 0.2) is 0 Å². The van der Waals surface area contributed by atoms with Crippen molar-refractivity contribution in [2.45, 2.75) is 83.3 Å². The van der Waals surface area contributed by atoms with Gasteiger partial charge < -0.3 is 4.90 Å². The van der Waals surface area contributed by atoms with E-state index >= 15 is 0 Å². The molecule has 114 valence electrons. The first-order chi connectivity index (χ1) is 9.58. The zero-order valence-electron chi connectivity index (χ0n) is 13.5. The third-order valence-electron chi connectivity index (χ3n) is 4.68. The van der Waals surface area contributed by atoms with E-state index in [2.05, 4.69) is 37.1 Å². The van der Waals surface area contributed by atoms with Crippen LogP contribution in [0.25, 0.3) is 0 Å². The Kier molecular flexibility index (Phi) is 5.46. The average molecular weight is 277 g/mol. The molecule has 2 fully saturated rings. The molecule has 2 aliphatic carbocycles. The maximum absolute atomic E-state index is 9.54. The monoisotopic (exact) mass is 277 g/mol. The van der Waals surface area contributed by atoms with E-state index in [0.717, 1.165) is 31.2 Å². The highest BCUT2D eigenvalue weighted by Crippen LogP contribution is 2.35. The van der Waals surface area contributed by atoms with E-state index in [-0.39, 0.29) is 5.54 Å². The van der Waals surface area contributed by atoms with Gasteiger partial charge in [-0.1, -0.05) is 6.92 Å². The molecule has 0 aliphatic heterocycles. The smallest absolute Gasteiger partial charge is 0.106 e. The van der Waals surface area contributed by atoms with Crippen molar-refractivity contribution in [3.63, 3.8) is 0 Å². The normalized spacial score (nSPS) is 22.0. The van der Waals surface area contributed by atoms with Gasteiger partial charge in [-0.3, -0.25) is 5.32 Å². The quantitative estimate of drug-likeness (QED) is 0.666. The minimum Gasteiger partial charge on any atom is -0.300 e. The number of nitriles is 1. The fourth-order valence-corrected chi connectivity index (χ4v) is 3.15. The second-order valence-electron chi connectivity index (χ2n) is 7.12. The SMILES string of the molecule is CCC(C#N)(CCCN(CC1CC1)C1CC1)NC(C)C. The molecule has 1 unspecified atom stereocenters. The Morgan fingerprint density at radius 1 is 1.30 bits per heavy atom. The molecular weight excluding hydrogens is 246 g/mol. The number of hydrogen-bond acceptors (Lipinski definition) is 3. The van der Waals surface area contributed by atoms with E-state index < -0.39 is 0 Å². The molecule has 2 aliphatic rings. The van der Waals surface area contributed by atoms with Gasteiger partial charge in [-0.15, -0.1) is 0 Å². The molecule has 2 rings (SSSR count). The van der Waals surface area contributed by atoms with Crippen LogP contribution >= 0.6 is 0 Å². The largest absolute Gasteiger partial charge is 0.300 e. The minimum atomic E-state index is -0.316. The summed E-state index contributed by atoms with van der Waals surface area (Å²) in [6.07, 6.45) is 8.69. The molecule has 0 spiro atoms. The maximum Gasteiger partial charge on any atom is 0.106 e. The molecule has 0 bridgehead atoms. The van der Waals surface area contributed by atoms with Crippen LogP contribution in [0.4, 0.5) is 0 Å². The van der Waals surface area contributed by atoms with Crippen LogP contribution in [0.2, 0.25) is 0 Å². The molecule has 0 heterocycles. The molecule has 1 atom stereocenters. The molecule has 3 heteroatoms. The first-order valence-electron chi connectivity index (χ1n) is 8.51. The average Bonchev–Trinajstić information content (AvgIpc) is 3.28. The van der Waals surface area contributed by atoms with Crippen LogP contribution in [-0.2, 0) is 0 Å². The Labute approximate surface area is 124 Å². The van der Waals surface area contributed by atoms with Gasteiger partial charge >= 0.3 is 0 Å². The second kappa shape index (κ2) is 6.91. The third kappa shape index (κ3) is 4.75. The summed E-state index contributed by atoms with van der Waals surface area (Å²) in [4.78, 5) is 2.70. The van der Waals surface area contributed by atoms with Crippen molar-refractivity contribution in [1.82, 2.24) is 10.2 Å². The third-order valence-corrected chi connectivity index (χ3v) is 4.68. The molecule has 0 amide bonds. The van der Waals surface area contributed by atoms with Gasteiger partial charge in [-0.25, -0.2) is 0 Å². The van der Waals surface area contributed by atoms with Gasteiger partial charge in [0.25, 0.3) is 0 Å². The maximum atomic E-state index is 9.54. The van der Waals surface area contributed by atoms with Crippen molar-refractivity contribution < 1.29 is 0 Å². The summed E-state index contributed by atoms with van der Waals surface area (Å²) in [5, 5.41) is 13.0. The van der Waals surface area contributed by atoms with Crippen LogP contribution in [0.5, 0.6) is 0 Å². The summed E-state index contributed by atoms with van der Waals surface area (Å²) in [6.45, 7) is 8.89. The van der Waals surface area contributed by atoms with Crippen molar-refractivity contribution >= 4 is 0 Å². The van der Waals surface area contributed by atoms with E-state index in [4.69, 9.17) is 0 Å². The Balaban J connectivity index is 1.77. The Bertz CT molecular complexity index is 339. The molecule has 20 heavy (non-hydrogen) atoms. The van der Waals surface area contributed by atoms with Gasteiger partial charge in [0.2, 0.25) is 0 Å². The molecule has 3 nitrogen and oxygen atoms in total.